The van der Waals surface area contributed by atoms with Gasteiger partial charge in [-0.2, -0.15) is 0 Å². The van der Waals surface area contributed by atoms with Crippen LogP contribution in [0.4, 0.5) is 4.39 Å². The third-order valence-electron chi connectivity index (χ3n) is 3.41. The number of hydrogen-bond donors (Lipinski definition) is 0. The zero-order chi connectivity index (χ0) is 15.6. The Balaban J connectivity index is 2.30. The molecule has 0 N–H and O–H groups in total. The van der Waals surface area contributed by atoms with Crippen LogP contribution in [0.3, 0.4) is 0 Å². The molecule has 0 spiro atoms. The number of benzene rings is 1. The lowest BCUT2D eigenvalue weighted by Crippen LogP contribution is -2.30. The van der Waals surface area contributed by atoms with E-state index < -0.39 is 20.8 Å². The molecule has 0 aromatic heterocycles. The van der Waals surface area contributed by atoms with Gasteiger partial charge in [0.25, 0.3) is 15.0 Å². The van der Waals surface area contributed by atoms with Crippen molar-refractivity contribution in [1.82, 2.24) is 4.90 Å². The van der Waals surface area contributed by atoms with E-state index in [0.717, 1.165) is 24.6 Å². The van der Waals surface area contributed by atoms with Crippen LogP contribution in [-0.4, -0.2) is 46.0 Å². The van der Waals surface area contributed by atoms with Crippen molar-refractivity contribution in [2.24, 2.45) is 5.92 Å². The second-order valence-corrected chi connectivity index (χ2v) is 7.47. The fraction of sp³-hybridized carbons (Fsp3) is 0.462. The Kier molecular flexibility index (Phi) is 4.85. The Hall–Kier alpha value is -1.18. The molecule has 2 rings (SSSR count). The Morgan fingerprint density at radius 1 is 1.52 bits per heavy atom. The molecule has 116 valence electrons. The van der Waals surface area contributed by atoms with Gasteiger partial charge in [-0.05, 0) is 24.6 Å². The van der Waals surface area contributed by atoms with Crippen molar-refractivity contribution in [2.45, 2.75) is 11.3 Å². The quantitative estimate of drug-likeness (QED) is 0.788. The smallest absolute Gasteiger partial charge is 0.262 e. The van der Waals surface area contributed by atoms with Crippen LogP contribution in [0.5, 0.6) is 0 Å². The molecule has 0 aliphatic carbocycles. The molecule has 5 nitrogen and oxygen atoms in total. The molecule has 1 unspecified atom stereocenters. The molecule has 1 aliphatic rings. The number of nitrogens with zero attached hydrogens (tertiary/aromatic N) is 1. The van der Waals surface area contributed by atoms with Gasteiger partial charge in [0.15, 0.2) is 0 Å². The van der Waals surface area contributed by atoms with E-state index in [9.17, 15) is 17.6 Å². The summed E-state index contributed by atoms with van der Waals surface area (Å²) in [7, 11) is 2.77. The van der Waals surface area contributed by atoms with E-state index in [1.807, 2.05) is 0 Å². The summed E-state index contributed by atoms with van der Waals surface area (Å²) in [6, 6.07) is 2.87. The van der Waals surface area contributed by atoms with E-state index in [1.54, 1.807) is 7.11 Å². The third-order valence-corrected chi connectivity index (χ3v) is 4.79. The van der Waals surface area contributed by atoms with Crippen LogP contribution in [0.2, 0.25) is 0 Å². The second-order valence-electron chi connectivity index (χ2n) is 4.94. The zero-order valence-corrected chi connectivity index (χ0v) is 13.0. The molecule has 8 heteroatoms. The number of carbonyl (C=O) groups excluding carboxylic acids is 1. The Labute approximate surface area is 127 Å². The molecule has 0 saturated carbocycles. The molecule has 1 heterocycles. The van der Waals surface area contributed by atoms with Gasteiger partial charge >= 0.3 is 0 Å². The summed E-state index contributed by atoms with van der Waals surface area (Å²) in [5.41, 5.74) is -0.233. The number of hydrogen-bond acceptors (Lipinski definition) is 4. The Morgan fingerprint density at radius 3 is 2.86 bits per heavy atom. The maximum Gasteiger partial charge on any atom is 0.262 e. The number of amides is 1. The SMILES string of the molecule is COCC1CCN(C(=O)c2cc(F)ccc2S(=O)(=O)Cl)C1. The van der Waals surface area contributed by atoms with Crippen molar-refractivity contribution in [1.29, 1.82) is 0 Å². The van der Waals surface area contributed by atoms with Crippen LogP contribution in [0.1, 0.15) is 16.8 Å². The predicted molar refractivity (Wildman–Crippen MR) is 75.3 cm³/mol. The summed E-state index contributed by atoms with van der Waals surface area (Å²) in [5, 5.41) is 0. The average molecular weight is 336 g/mol. The molecule has 0 bridgehead atoms. The van der Waals surface area contributed by atoms with Crippen molar-refractivity contribution < 1.29 is 22.3 Å². The molecule has 1 aliphatic heterocycles. The van der Waals surface area contributed by atoms with Crippen LogP contribution < -0.4 is 0 Å². The lowest BCUT2D eigenvalue weighted by molar-refractivity contribution is 0.0771. The maximum atomic E-state index is 13.4. The summed E-state index contributed by atoms with van der Waals surface area (Å²) in [6.07, 6.45) is 0.762. The minimum atomic E-state index is -4.12. The van der Waals surface area contributed by atoms with Crippen LogP contribution >= 0.6 is 10.7 Å². The first-order chi connectivity index (χ1) is 9.82. The second kappa shape index (κ2) is 6.29. The van der Waals surface area contributed by atoms with E-state index in [0.29, 0.717) is 19.7 Å². The van der Waals surface area contributed by atoms with Crippen molar-refractivity contribution in [3.05, 3.63) is 29.6 Å². The van der Waals surface area contributed by atoms with E-state index in [-0.39, 0.29) is 16.4 Å². The summed E-state index contributed by atoms with van der Waals surface area (Å²) in [4.78, 5) is 13.5. The highest BCUT2D eigenvalue weighted by Gasteiger charge is 2.30. The highest BCUT2D eigenvalue weighted by atomic mass is 35.7. The lowest BCUT2D eigenvalue weighted by Gasteiger charge is -2.18. The molecule has 21 heavy (non-hydrogen) atoms. The molecule has 1 saturated heterocycles. The highest BCUT2D eigenvalue weighted by Crippen LogP contribution is 2.25. The molecule has 1 fully saturated rings. The van der Waals surface area contributed by atoms with Gasteiger partial charge < -0.3 is 9.64 Å². The lowest BCUT2D eigenvalue weighted by atomic mass is 10.1. The van der Waals surface area contributed by atoms with E-state index in [4.69, 9.17) is 15.4 Å². The van der Waals surface area contributed by atoms with Gasteiger partial charge in [0, 0.05) is 36.8 Å². The Morgan fingerprint density at radius 2 is 2.24 bits per heavy atom. The van der Waals surface area contributed by atoms with Crippen LogP contribution in [-0.2, 0) is 13.8 Å². The standard InChI is InChI=1S/C13H15ClFNO4S/c1-20-8-9-4-5-16(7-9)13(17)11-6-10(15)2-3-12(11)21(14,18)19/h2-3,6,9H,4-5,7-8H2,1H3. The zero-order valence-electron chi connectivity index (χ0n) is 11.4. The van der Waals surface area contributed by atoms with Gasteiger partial charge in [0.05, 0.1) is 17.1 Å². The van der Waals surface area contributed by atoms with Gasteiger partial charge in [-0.1, -0.05) is 0 Å². The van der Waals surface area contributed by atoms with Crippen molar-refractivity contribution >= 4 is 25.6 Å². The molecule has 1 amide bonds. The Bertz CT molecular complexity index is 650. The predicted octanol–water partition coefficient (Wildman–Crippen LogP) is 1.86. The molecule has 1 aromatic rings. The van der Waals surface area contributed by atoms with E-state index >= 15 is 0 Å². The molecular formula is C13H15ClFNO4S. The van der Waals surface area contributed by atoms with Crippen LogP contribution in [0, 0.1) is 11.7 Å². The first kappa shape index (κ1) is 16.2. The van der Waals surface area contributed by atoms with Crippen LogP contribution in [0.25, 0.3) is 0 Å². The summed E-state index contributed by atoms with van der Waals surface area (Å²) in [5.74, 6) is -1.02. The van der Waals surface area contributed by atoms with E-state index in [2.05, 4.69) is 0 Å². The fourth-order valence-corrected chi connectivity index (χ4v) is 3.48. The average Bonchev–Trinajstić information content (AvgIpc) is 2.85. The number of methoxy groups -OCH3 is 1. The maximum absolute atomic E-state index is 13.4. The number of halogens is 2. The van der Waals surface area contributed by atoms with Gasteiger partial charge in [-0.25, -0.2) is 12.8 Å². The number of carbonyl (C=O) groups is 1. The summed E-state index contributed by atoms with van der Waals surface area (Å²) < 4.78 is 41.4. The molecular weight excluding hydrogens is 321 g/mol. The molecule has 0 radical (unpaired) electrons. The summed E-state index contributed by atoms with van der Waals surface area (Å²) >= 11 is 0. The van der Waals surface area contributed by atoms with Crippen molar-refractivity contribution in [3.8, 4) is 0 Å². The van der Waals surface area contributed by atoms with Gasteiger partial charge in [-0.3, -0.25) is 4.79 Å². The van der Waals surface area contributed by atoms with Gasteiger partial charge in [-0.15, -0.1) is 0 Å². The number of rotatable bonds is 4. The highest BCUT2D eigenvalue weighted by molar-refractivity contribution is 8.13. The van der Waals surface area contributed by atoms with Gasteiger partial charge in [0.1, 0.15) is 5.82 Å². The topological polar surface area (TPSA) is 63.7 Å². The largest absolute Gasteiger partial charge is 0.384 e. The minimum absolute atomic E-state index is 0.198. The first-order valence-corrected chi connectivity index (χ1v) is 8.66. The third kappa shape index (κ3) is 3.72. The summed E-state index contributed by atoms with van der Waals surface area (Å²) in [6.45, 7) is 1.45. The van der Waals surface area contributed by atoms with Crippen molar-refractivity contribution in [3.63, 3.8) is 0 Å². The number of likely N-dealkylation sites (tertiary alicyclic amines) is 1. The monoisotopic (exact) mass is 335 g/mol. The van der Waals surface area contributed by atoms with Gasteiger partial charge in [0.2, 0.25) is 0 Å². The normalized spacial score (nSPS) is 19.0. The van der Waals surface area contributed by atoms with Crippen molar-refractivity contribution in [2.75, 3.05) is 26.8 Å². The molecule has 1 aromatic carbocycles. The molecule has 1 atom stereocenters. The minimum Gasteiger partial charge on any atom is -0.384 e. The van der Waals surface area contributed by atoms with E-state index in [1.165, 1.54) is 4.90 Å². The fourth-order valence-electron chi connectivity index (χ4n) is 2.44. The number of ether oxygens (including phenoxy) is 1. The first-order valence-electron chi connectivity index (χ1n) is 6.35. The van der Waals surface area contributed by atoms with Crippen LogP contribution in [0.15, 0.2) is 23.1 Å².